The summed E-state index contributed by atoms with van der Waals surface area (Å²) in [4.78, 5) is 0. The zero-order valence-corrected chi connectivity index (χ0v) is 6.77. The van der Waals surface area contributed by atoms with Gasteiger partial charge in [0.2, 0.25) is 0 Å². The Kier molecular flexibility index (Phi) is 3.16. The van der Waals surface area contributed by atoms with Crippen molar-refractivity contribution in [3.05, 3.63) is 0 Å². The van der Waals surface area contributed by atoms with Crippen LogP contribution in [0, 0.1) is 5.92 Å². The van der Waals surface area contributed by atoms with Gasteiger partial charge in [-0.15, -0.1) is 0 Å². The average Bonchev–Trinajstić information content (AvgIpc) is 2.37. The van der Waals surface area contributed by atoms with Crippen molar-refractivity contribution in [3.63, 3.8) is 0 Å². The van der Waals surface area contributed by atoms with Gasteiger partial charge in [0.1, 0.15) is 0 Å². The van der Waals surface area contributed by atoms with Gasteiger partial charge in [-0.3, -0.25) is 0 Å². The normalized spacial score (nSPS) is 33.0. The van der Waals surface area contributed by atoms with E-state index in [2.05, 4.69) is 12.2 Å². The molecule has 0 aromatic rings. The average molecular weight is 142 g/mol. The van der Waals surface area contributed by atoms with Crippen molar-refractivity contribution in [2.24, 2.45) is 11.7 Å². The predicted octanol–water partition coefficient (Wildman–Crippen LogP) is 0.723. The molecule has 1 aliphatic rings. The Hall–Kier alpha value is -0.0800. The van der Waals surface area contributed by atoms with Gasteiger partial charge in [0.15, 0.2) is 0 Å². The van der Waals surface area contributed by atoms with Crippen LogP contribution in [0.25, 0.3) is 0 Å². The predicted molar refractivity (Wildman–Crippen MR) is 43.9 cm³/mol. The smallest absolute Gasteiger partial charge is 0.00822 e. The first-order valence-corrected chi connectivity index (χ1v) is 4.30. The van der Waals surface area contributed by atoms with E-state index in [0.717, 1.165) is 24.9 Å². The molecule has 1 fully saturated rings. The van der Waals surface area contributed by atoms with E-state index in [0.29, 0.717) is 0 Å². The molecular weight excluding hydrogens is 124 g/mol. The number of hydrogen-bond donors (Lipinski definition) is 2. The molecule has 3 N–H and O–H groups in total. The molecular formula is C8H18N2. The monoisotopic (exact) mass is 142 g/mol. The molecule has 0 amide bonds. The third kappa shape index (κ3) is 1.96. The molecule has 2 nitrogen and oxygen atoms in total. The van der Waals surface area contributed by atoms with Crippen LogP contribution in [0.4, 0.5) is 0 Å². The Bertz CT molecular complexity index is 93.3. The van der Waals surface area contributed by atoms with Gasteiger partial charge in [0.25, 0.3) is 0 Å². The van der Waals surface area contributed by atoms with Crippen LogP contribution in [0.15, 0.2) is 0 Å². The maximum atomic E-state index is 5.46. The standard InChI is InChI=1S/C8H18N2/c1-2-7-5-8(3-4-9)10-6-7/h7-8,10H,2-6,9H2,1H3/t7-,8-/m0/s1. The van der Waals surface area contributed by atoms with E-state index in [4.69, 9.17) is 5.73 Å². The van der Waals surface area contributed by atoms with Crippen molar-refractivity contribution in [1.29, 1.82) is 0 Å². The third-order valence-electron chi connectivity index (χ3n) is 2.41. The summed E-state index contributed by atoms with van der Waals surface area (Å²) in [6.07, 6.45) is 3.80. The number of nitrogens with one attached hydrogen (secondary N) is 1. The van der Waals surface area contributed by atoms with E-state index >= 15 is 0 Å². The highest BCUT2D eigenvalue weighted by Crippen LogP contribution is 2.18. The van der Waals surface area contributed by atoms with Crippen molar-refractivity contribution in [2.75, 3.05) is 13.1 Å². The molecule has 60 valence electrons. The van der Waals surface area contributed by atoms with Crippen molar-refractivity contribution in [2.45, 2.75) is 32.2 Å². The van der Waals surface area contributed by atoms with Crippen LogP contribution < -0.4 is 11.1 Å². The SMILES string of the molecule is CC[C@@H]1CN[C@@H](CCN)C1. The van der Waals surface area contributed by atoms with E-state index in [1.54, 1.807) is 0 Å². The van der Waals surface area contributed by atoms with Crippen LogP contribution >= 0.6 is 0 Å². The van der Waals surface area contributed by atoms with E-state index in [1.165, 1.54) is 19.4 Å². The fraction of sp³-hybridized carbons (Fsp3) is 1.00. The van der Waals surface area contributed by atoms with E-state index in [1.807, 2.05) is 0 Å². The molecule has 1 aliphatic heterocycles. The molecule has 0 aliphatic carbocycles. The van der Waals surface area contributed by atoms with Crippen molar-refractivity contribution >= 4 is 0 Å². The van der Waals surface area contributed by atoms with Gasteiger partial charge < -0.3 is 11.1 Å². The van der Waals surface area contributed by atoms with Gasteiger partial charge in [0, 0.05) is 6.04 Å². The number of rotatable bonds is 3. The second kappa shape index (κ2) is 3.94. The third-order valence-corrected chi connectivity index (χ3v) is 2.41. The van der Waals surface area contributed by atoms with E-state index in [-0.39, 0.29) is 0 Å². The Labute approximate surface area is 63.2 Å². The summed E-state index contributed by atoms with van der Waals surface area (Å²) < 4.78 is 0. The first kappa shape index (κ1) is 8.02. The maximum absolute atomic E-state index is 5.46. The Balaban J connectivity index is 2.15. The highest BCUT2D eigenvalue weighted by Gasteiger charge is 2.21. The van der Waals surface area contributed by atoms with Crippen LogP contribution in [0.5, 0.6) is 0 Å². The van der Waals surface area contributed by atoms with E-state index < -0.39 is 0 Å². The minimum absolute atomic E-state index is 0.718. The van der Waals surface area contributed by atoms with E-state index in [9.17, 15) is 0 Å². The molecule has 1 rings (SSSR count). The summed E-state index contributed by atoms with van der Waals surface area (Å²) in [5.74, 6) is 0.913. The van der Waals surface area contributed by atoms with Gasteiger partial charge in [-0.25, -0.2) is 0 Å². The quantitative estimate of drug-likeness (QED) is 0.609. The Morgan fingerprint density at radius 2 is 2.40 bits per heavy atom. The summed E-state index contributed by atoms with van der Waals surface area (Å²) in [6.45, 7) is 4.30. The van der Waals surface area contributed by atoms with Crippen LogP contribution in [0.1, 0.15) is 26.2 Å². The maximum Gasteiger partial charge on any atom is 0.00822 e. The Morgan fingerprint density at radius 1 is 1.60 bits per heavy atom. The Morgan fingerprint density at radius 3 is 2.90 bits per heavy atom. The van der Waals surface area contributed by atoms with Crippen molar-refractivity contribution in [1.82, 2.24) is 5.32 Å². The van der Waals surface area contributed by atoms with Crippen molar-refractivity contribution in [3.8, 4) is 0 Å². The second-order valence-corrected chi connectivity index (χ2v) is 3.19. The summed E-state index contributed by atoms with van der Waals surface area (Å²) in [7, 11) is 0. The fourth-order valence-corrected chi connectivity index (χ4v) is 1.63. The zero-order chi connectivity index (χ0) is 7.40. The largest absolute Gasteiger partial charge is 0.330 e. The van der Waals surface area contributed by atoms with Crippen LogP contribution in [0.3, 0.4) is 0 Å². The van der Waals surface area contributed by atoms with Gasteiger partial charge >= 0.3 is 0 Å². The molecule has 2 atom stereocenters. The second-order valence-electron chi connectivity index (χ2n) is 3.19. The summed E-state index contributed by atoms with van der Waals surface area (Å²) >= 11 is 0. The molecule has 0 aromatic carbocycles. The molecule has 1 heterocycles. The van der Waals surface area contributed by atoms with Crippen LogP contribution in [0.2, 0.25) is 0 Å². The van der Waals surface area contributed by atoms with Gasteiger partial charge in [-0.05, 0) is 31.8 Å². The van der Waals surface area contributed by atoms with Gasteiger partial charge in [-0.1, -0.05) is 13.3 Å². The number of nitrogens with two attached hydrogens (primary N) is 1. The first-order valence-electron chi connectivity index (χ1n) is 4.30. The molecule has 0 unspecified atom stereocenters. The summed E-state index contributed by atoms with van der Waals surface area (Å²) in [6, 6.07) is 0.718. The molecule has 10 heavy (non-hydrogen) atoms. The zero-order valence-electron chi connectivity index (χ0n) is 6.77. The summed E-state index contributed by atoms with van der Waals surface area (Å²) in [5.41, 5.74) is 5.46. The molecule has 2 heteroatoms. The molecule has 0 spiro atoms. The highest BCUT2D eigenvalue weighted by atomic mass is 14.9. The van der Waals surface area contributed by atoms with Gasteiger partial charge in [0.05, 0.1) is 0 Å². The molecule has 0 aromatic heterocycles. The highest BCUT2D eigenvalue weighted by molar-refractivity contribution is 4.80. The molecule has 0 saturated carbocycles. The summed E-state index contributed by atoms with van der Waals surface area (Å²) in [5, 5.41) is 3.48. The van der Waals surface area contributed by atoms with Crippen molar-refractivity contribution < 1.29 is 0 Å². The lowest BCUT2D eigenvalue weighted by Crippen LogP contribution is -2.24. The number of hydrogen-bond acceptors (Lipinski definition) is 2. The lowest BCUT2D eigenvalue weighted by atomic mass is 10.0. The minimum Gasteiger partial charge on any atom is -0.330 e. The minimum atomic E-state index is 0.718. The molecule has 1 saturated heterocycles. The first-order chi connectivity index (χ1) is 4.86. The fourth-order valence-electron chi connectivity index (χ4n) is 1.63. The molecule has 0 radical (unpaired) electrons. The van der Waals surface area contributed by atoms with Gasteiger partial charge in [-0.2, -0.15) is 0 Å². The van der Waals surface area contributed by atoms with Crippen LogP contribution in [-0.4, -0.2) is 19.1 Å². The topological polar surface area (TPSA) is 38.0 Å². The van der Waals surface area contributed by atoms with Crippen LogP contribution in [-0.2, 0) is 0 Å². The lowest BCUT2D eigenvalue weighted by molar-refractivity contribution is 0.522. The molecule has 0 bridgehead atoms. The lowest BCUT2D eigenvalue weighted by Gasteiger charge is -2.06.